The Morgan fingerprint density at radius 3 is 2.62 bits per heavy atom. The highest BCUT2D eigenvalue weighted by molar-refractivity contribution is 7.87. The highest BCUT2D eigenvalue weighted by atomic mass is 32.2. The standard InChI is InChI=1S/C9H21N3O3S/c1-9(2-3-10)8-11-16(13,14)12-4-6-15-7-5-12/h9,11H,2-8,10H2,1H3. The van der Waals surface area contributed by atoms with Gasteiger partial charge in [0.1, 0.15) is 0 Å². The molecular weight excluding hydrogens is 230 g/mol. The summed E-state index contributed by atoms with van der Waals surface area (Å²) in [5.41, 5.74) is 5.41. The summed E-state index contributed by atoms with van der Waals surface area (Å²) < 4.78 is 32.8. The van der Waals surface area contributed by atoms with Crippen molar-refractivity contribution in [3.05, 3.63) is 0 Å². The molecule has 0 aromatic heterocycles. The zero-order valence-corrected chi connectivity index (χ0v) is 10.5. The van der Waals surface area contributed by atoms with Crippen molar-refractivity contribution in [2.75, 3.05) is 39.4 Å². The predicted octanol–water partition coefficient (Wildman–Crippen LogP) is -0.862. The summed E-state index contributed by atoms with van der Waals surface area (Å²) in [6, 6.07) is 0. The minimum Gasteiger partial charge on any atom is -0.379 e. The molecule has 0 amide bonds. The number of nitrogens with two attached hydrogens (primary N) is 1. The van der Waals surface area contributed by atoms with Crippen molar-refractivity contribution in [2.45, 2.75) is 13.3 Å². The van der Waals surface area contributed by atoms with Gasteiger partial charge in [-0.05, 0) is 18.9 Å². The Morgan fingerprint density at radius 2 is 2.06 bits per heavy atom. The zero-order valence-electron chi connectivity index (χ0n) is 9.68. The Kier molecular flexibility index (Phi) is 5.63. The van der Waals surface area contributed by atoms with Crippen LogP contribution in [0.4, 0.5) is 0 Å². The van der Waals surface area contributed by atoms with E-state index < -0.39 is 10.2 Å². The van der Waals surface area contributed by atoms with Gasteiger partial charge in [0.15, 0.2) is 0 Å². The number of ether oxygens (including phenoxy) is 1. The van der Waals surface area contributed by atoms with Gasteiger partial charge >= 0.3 is 0 Å². The van der Waals surface area contributed by atoms with Gasteiger partial charge in [-0.3, -0.25) is 0 Å². The van der Waals surface area contributed by atoms with E-state index in [0.717, 1.165) is 6.42 Å². The van der Waals surface area contributed by atoms with Gasteiger partial charge in [-0.25, -0.2) is 4.72 Å². The Bertz CT molecular complexity index is 288. The quantitative estimate of drug-likeness (QED) is 0.643. The van der Waals surface area contributed by atoms with Crippen LogP contribution in [0.3, 0.4) is 0 Å². The fraction of sp³-hybridized carbons (Fsp3) is 1.00. The molecule has 0 radical (unpaired) electrons. The normalized spacial score (nSPS) is 20.9. The second-order valence-corrected chi connectivity index (χ2v) is 5.80. The highest BCUT2D eigenvalue weighted by Gasteiger charge is 2.23. The van der Waals surface area contributed by atoms with Gasteiger partial charge in [0.05, 0.1) is 13.2 Å². The van der Waals surface area contributed by atoms with Crippen LogP contribution in [0.2, 0.25) is 0 Å². The molecule has 1 aliphatic heterocycles. The van der Waals surface area contributed by atoms with E-state index in [4.69, 9.17) is 10.5 Å². The van der Waals surface area contributed by atoms with Gasteiger partial charge < -0.3 is 10.5 Å². The van der Waals surface area contributed by atoms with E-state index >= 15 is 0 Å². The SMILES string of the molecule is CC(CCN)CNS(=O)(=O)N1CCOCC1. The molecule has 1 rings (SSSR count). The van der Waals surface area contributed by atoms with Crippen LogP contribution in [0, 0.1) is 5.92 Å². The molecule has 7 heteroatoms. The van der Waals surface area contributed by atoms with Crippen molar-refractivity contribution in [3.63, 3.8) is 0 Å². The molecule has 1 fully saturated rings. The summed E-state index contributed by atoms with van der Waals surface area (Å²) in [6.07, 6.45) is 0.825. The van der Waals surface area contributed by atoms with Crippen LogP contribution in [0.25, 0.3) is 0 Å². The van der Waals surface area contributed by atoms with Crippen molar-refractivity contribution in [1.29, 1.82) is 0 Å². The number of nitrogens with one attached hydrogen (secondary N) is 1. The fourth-order valence-corrected chi connectivity index (χ4v) is 2.82. The summed E-state index contributed by atoms with van der Waals surface area (Å²) >= 11 is 0. The fourth-order valence-electron chi connectivity index (χ4n) is 1.51. The smallest absolute Gasteiger partial charge is 0.279 e. The summed E-state index contributed by atoms with van der Waals surface area (Å²) in [4.78, 5) is 0. The molecule has 0 bridgehead atoms. The maximum Gasteiger partial charge on any atom is 0.279 e. The predicted molar refractivity (Wildman–Crippen MR) is 62.1 cm³/mol. The van der Waals surface area contributed by atoms with E-state index in [1.807, 2.05) is 6.92 Å². The molecule has 1 saturated heterocycles. The third-order valence-electron chi connectivity index (χ3n) is 2.58. The number of hydrogen-bond acceptors (Lipinski definition) is 4. The van der Waals surface area contributed by atoms with Crippen LogP contribution in [-0.2, 0) is 14.9 Å². The van der Waals surface area contributed by atoms with E-state index in [1.165, 1.54) is 4.31 Å². The molecule has 0 aliphatic carbocycles. The van der Waals surface area contributed by atoms with Gasteiger partial charge in [0.25, 0.3) is 10.2 Å². The van der Waals surface area contributed by atoms with Crippen molar-refractivity contribution < 1.29 is 13.2 Å². The highest BCUT2D eigenvalue weighted by Crippen LogP contribution is 2.04. The van der Waals surface area contributed by atoms with E-state index in [-0.39, 0.29) is 5.92 Å². The van der Waals surface area contributed by atoms with Gasteiger partial charge in [-0.15, -0.1) is 0 Å². The molecule has 1 heterocycles. The Balaban J connectivity index is 2.38. The average Bonchev–Trinajstić information content (AvgIpc) is 2.28. The van der Waals surface area contributed by atoms with Crippen molar-refractivity contribution in [1.82, 2.24) is 9.03 Å². The lowest BCUT2D eigenvalue weighted by Crippen LogP contribution is -2.47. The van der Waals surface area contributed by atoms with E-state index in [2.05, 4.69) is 4.72 Å². The van der Waals surface area contributed by atoms with Crippen LogP contribution < -0.4 is 10.5 Å². The molecule has 1 aliphatic rings. The first-order valence-corrected chi connectivity index (χ1v) is 7.03. The maximum atomic E-state index is 11.8. The Hall–Kier alpha value is -0.210. The summed E-state index contributed by atoms with van der Waals surface area (Å²) in [7, 11) is -3.33. The molecule has 1 atom stereocenters. The zero-order chi connectivity index (χ0) is 12.0. The Morgan fingerprint density at radius 1 is 1.44 bits per heavy atom. The van der Waals surface area contributed by atoms with E-state index in [9.17, 15) is 8.42 Å². The molecule has 3 N–H and O–H groups in total. The van der Waals surface area contributed by atoms with Gasteiger partial charge in [-0.1, -0.05) is 6.92 Å². The van der Waals surface area contributed by atoms with Crippen LogP contribution in [0.5, 0.6) is 0 Å². The second kappa shape index (κ2) is 6.51. The van der Waals surface area contributed by atoms with E-state index in [1.54, 1.807) is 0 Å². The maximum absolute atomic E-state index is 11.8. The van der Waals surface area contributed by atoms with Crippen molar-refractivity contribution in [3.8, 4) is 0 Å². The van der Waals surface area contributed by atoms with Crippen LogP contribution in [0.15, 0.2) is 0 Å². The van der Waals surface area contributed by atoms with Gasteiger partial charge in [0, 0.05) is 19.6 Å². The third kappa shape index (κ3) is 4.34. The molecule has 0 aromatic carbocycles. The number of morpholine rings is 1. The minimum absolute atomic E-state index is 0.265. The summed E-state index contributed by atoms with van der Waals surface area (Å²) in [6.45, 7) is 4.81. The van der Waals surface area contributed by atoms with Crippen molar-refractivity contribution in [2.24, 2.45) is 11.7 Å². The minimum atomic E-state index is -3.33. The molecule has 1 unspecified atom stereocenters. The lowest BCUT2D eigenvalue weighted by atomic mass is 10.1. The molecule has 6 nitrogen and oxygen atoms in total. The molecule has 96 valence electrons. The topological polar surface area (TPSA) is 84.7 Å². The van der Waals surface area contributed by atoms with Crippen molar-refractivity contribution >= 4 is 10.2 Å². The molecule has 0 spiro atoms. The number of rotatable bonds is 6. The largest absolute Gasteiger partial charge is 0.379 e. The first kappa shape index (κ1) is 13.9. The second-order valence-electron chi connectivity index (χ2n) is 4.05. The third-order valence-corrected chi connectivity index (χ3v) is 4.16. The van der Waals surface area contributed by atoms with Gasteiger partial charge in [0.2, 0.25) is 0 Å². The van der Waals surface area contributed by atoms with Crippen LogP contribution >= 0.6 is 0 Å². The van der Waals surface area contributed by atoms with Crippen LogP contribution in [0.1, 0.15) is 13.3 Å². The molecule has 0 aromatic rings. The molecule has 16 heavy (non-hydrogen) atoms. The lowest BCUT2D eigenvalue weighted by Gasteiger charge is -2.26. The van der Waals surface area contributed by atoms with Crippen LogP contribution in [-0.4, -0.2) is 52.1 Å². The van der Waals surface area contributed by atoms with Gasteiger partial charge in [-0.2, -0.15) is 12.7 Å². The first-order valence-electron chi connectivity index (χ1n) is 5.59. The first-order chi connectivity index (χ1) is 7.56. The molecule has 0 saturated carbocycles. The van der Waals surface area contributed by atoms with E-state index in [0.29, 0.717) is 39.4 Å². The summed E-state index contributed by atoms with van der Waals surface area (Å²) in [5, 5.41) is 0. The average molecular weight is 251 g/mol. The lowest BCUT2D eigenvalue weighted by molar-refractivity contribution is 0.0724. The molecular formula is C9H21N3O3S. The Labute approximate surface area is 97.3 Å². The number of nitrogens with zero attached hydrogens (tertiary/aromatic N) is 1. The number of hydrogen-bond donors (Lipinski definition) is 2. The monoisotopic (exact) mass is 251 g/mol. The summed E-state index contributed by atoms with van der Waals surface area (Å²) in [5.74, 6) is 0.265.